The molecule has 82 valence electrons. The minimum atomic E-state index is -3.44. The van der Waals surface area contributed by atoms with Gasteiger partial charge in [-0.05, 0) is 11.4 Å². The summed E-state index contributed by atoms with van der Waals surface area (Å²) in [5, 5.41) is 1.67. The van der Waals surface area contributed by atoms with Gasteiger partial charge in [-0.2, -0.15) is 0 Å². The maximum absolute atomic E-state index is 12.9. The Morgan fingerprint density at radius 3 is 2.47 bits per heavy atom. The number of thiophene rings is 1. The van der Waals surface area contributed by atoms with Gasteiger partial charge in [0, 0.05) is 11.3 Å². The molecular formula is C9H7F3O2S. The van der Waals surface area contributed by atoms with Gasteiger partial charge in [-0.25, -0.2) is 13.2 Å². The number of carbonyl (C=O) groups is 2. The minimum Gasteiger partial charge on any atom is -0.295 e. The molecule has 1 aromatic heterocycles. The van der Waals surface area contributed by atoms with Crippen LogP contribution < -0.4 is 0 Å². The van der Waals surface area contributed by atoms with Crippen LogP contribution in [0, 0.1) is 0 Å². The zero-order valence-electron chi connectivity index (χ0n) is 7.45. The van der Waals surface area contributed by atoms with Crippen LogP contribution in [0.3, 0.4) is 0 Å². The van der Waals surface area contributed by atoms with Crippen LogP contribution in [0.1, 0.15) is 4.88 Å². The topological polar surface area (TPSA) is 34.1 Å². The highest BCUT2D eigenvalue weighted by atomic mass is 32.1. The zero-order valence-corrected chi connectivity index (χ0v) is 8.27. The molecule has 0 aliphatic rings. The average Bonchev–Trinajstić information content (AvgIpc) is 2.67. The van der Waals surface area contributed by atoms with Crippen LogP contribution >= 0.6 is 11.3 Å². The molecule has 0 fully saturated rings. The van der Waals surface area contributed by atoms with Gasteiger partial charge in [0.15, 0.2) is 5.78 Å². The monoisotopic (exact) mass is 236 g/mol. The maximum atomic E-state index is 12.9. The molecule has 15 heavy (non-hydrogen) atoms. The second-order valence-electron chi connectivity index (χ2n) is 2.79. The van der Waals surface area contributed by atoms with Crippen molar-refractivity contribution in [2.75, 3.05) is 0 Å². The number of Topliss-reactive ketones (excluding diaryl/α,β-unsaturated/α-hetero) is 2. The normalized spacial score (nSPS) is 12.8. The second kappa shape index (κ2) is 5.06. The predicted octanol–water partition coefficient (Wildman–Crippen LogP) is 2.03. The summed E-state index contributed by atoms with van der Waals surface area (Å²) in [5.41, 5.74) is 0. The molecule has 1 heterocycles. The van der Waals surface area contributed by atoms with Crippen LogP contribution in [0.5, 0.6) is 0 Å². The van der Waals surface area contributed by atoms with E-state index in [2.05, 4.69) is 0 Å². The first-order valence-electron chi connectivity index (χ1n) is 4.03. The molecule has 1 atom stereocenters. The Kier molecular flexibility index (Phi) is 4.02. The summed E-state index contributed by atoms with van der Waals surface area (Å²) >= 11 is 1.20. The highest BCUT2D eigenvalue weighted by Crippen LogP contribution is 2.13. The van der Waals surface area contributed by atoms with Crippen molar-refractivity contribution in [3.8, 4) is 0 Å². The van der Waals surface area contributed by atoms with Gasteiger partial charge in [-0.3, -0.25) is 9.59 Å². The molecule has 0 N–H and O–H groups in total. The zero-order chi connectivity index (χ0) is 11.4. The standard InChI is InChI=1S/C9H7F3O2S/c10-7(8(14)9(11)12)6(13)4-5-2-1-3-15-5/h1-3,7,9H,4H2. The van der Waals surface area contributed by atoms with Crippen molar-refractivity contribution >= 4 is 22.9 Å². The highest BCUT2D eigenvalue weighted by molar-refractivity contribution is 7.10. The van der Waals surface area contributed by atoms with Crippen molar-refractivity contribution in [2.24, 2.45) is 0 Å². The average molecular weight is 236 g/mol. The van der Waals surface area contributed by atoms with E-state index < -0.39 is 24.2 Å². The van der Waals surface area contributed by atoms with Gasteiger partial charge in [0.05, 0.1) is 0 Å². The van der Waals surface area contributed by atoms with Crippen LogP contribution in [0.15, 0.2) is 17.5 Å². The molecule has 0 spiro atoms. The Labute approximate surface area is 87.7 Å². The number of carbonyl (C=O) groups excluding carboxylic acids is 2. The summed E-state index contributed by atoms with van der Waals surface area (Å²) in [6, 6.07) is 3.22. The number of alkyl halides is 3. The van der Waals surface area contributed by atoms with E-state index in [1.54, 1.807) is 17.5 Å². The van der Waals surface area contributed by atoms with Gasteiger partial charge in [-0.15, -0.1) is 11.3 Å². The largest absolute Gasteiger partial charge is 0.299 e. The lowest BCUT2D eigenvalue weighted by molar-refractivity contribution is -0.140. The fourth-order valence-electron chi connectivity index (χ4n) is 0.944. The first kappa shape index (κ1) is 11.9. The fraction of sp³-hybridized carbons (Fsp3) is 0.333. The third kappa shape index (κ3) is 3.16. The summed E-state index contributed by atoms with van der Waals surface area (Å²) in [5.74, 6) is -3.08. The molecule has 0 aliphatic carbocycles. The minimum absolute atomic E-state index is 0.322. The Morgan fingerprint density at radius 1 is 1.33 bits per heavy atom. The summed E-state index contributed by atoms with van der Waals surface area (Å²) in [6.07, 6.45) is -6.48. The molecule has 0 bridgehead atoms. The number of halogens is 3. The van der Waals surface area contributed by atoms with Gasteiger partial charge >= 0.3 is 0 Å². The Balaban J connectivity index is 2.58. The van der Waals surface area contributed by atoms with E-state index in [-0.39, 0.29) is 6.42 Å². The molecule has 0 amide bonds. The van der Waals surface area contributed by atoms with E-state index in [9.17, 15) is 22.8 Å². The van der Waals surface area contributed by atoms with Crippen LogP contribution in [0.25, 0.3) is 0 Å². The molecule has 1 rings (SSSR count). The maximum Gasteiger partial charge on any atom is 0.299 e. The molecule has 0 radical (unpaired) electrons. The Morgan fingerprint density at radius 2 is 2.00 bits per heavy atom. The van der Waals surface area contributed by atoms with E-state index in [4.69, 9.17) is 0 Å². The number of hydrogen-bond acceptors (Lipinski definition) is 3. The van der Waals surface area contributed by atoms with Gasteiger partial charge in [0.25, 0.3) is 6.43 Å². The van der Waals surface area contributed by atoms with Gasteiger partial charge in [0.2, 0.25) is 12.0 Å². The van der Waals surface area contributed by atoms with Crippen LogP contribution in [-0.4, -0.2) is 24.2 Å². The van der Waals surface area contributed by atoms with Crippen molar-refractivity contribution in [3.05, 3.63) is 22.4 Å². The quantitative estimate of drug-likeness (QED) is 0.733. The second-order valence-corrected chi connectivity index (χ2v) is 3.82. The fourth-order valence-corrected chi connectivity index (χ4v) is 1.66. The van der Waals surface area contributed by atoms with Crippen molar-refractivity contribution in [1.82, 2.24) is 0 Å². The van der Waals surface area contributed by atoms with Crippen LogP contribution in [0.2, 0.25) is 0 Å². The van der Waals surface area contributed by atoms with E-state index in [1.807, 2.05) is 0 Å². The lowest BCUT2D eigenvalue weighted by Gasteiger charge is -2.04. The Bertz CT molecular complexity index is 348. The molecular weight excluding hydrogens is 229 g/mol. The van der Waals surface area contributed by atoms with Crippen molar-refractivity contribution in [1.29, 1.82) is 0 Å². The smallest absolute Gasteiger partial charge is 0.295 e. The molecule has 0 aromatic carbocycles. The molecule has 1 unspecified atom stereocenters. The van der Waals surface area contributed by atoms with Crippen molar-refractivity contribution in [2.45, 2.75) is 19.0 Å². The summed E-state index contributed by atoms with van der Waals surface area (Å²) in [7, 11) is 0. The number of rotatable bonds is 5. The Hall–Kier alpha value is -1.17. The first-order chi connectivity index (χ1) is 7.02. The lowest BCUT2D eigenvalue weighted by Crippen LogP contribution is -2.31. The molecule has 2 nitrogen and oxygen atoms in total. The summed E-state index contributed by atoms with van der Waals surface area (Å²) in [4.78, 5) is 22.1. The lowest BCUT2D eigenvalue weighted by atomic mass is 10.1. The van der Waals surface area contributed by atoms with E-state index in [1.165, 1.54) is 11.3 Å². The van der Waals surface area contributed by atoms with Crippen molar-refractivity contribution < 1.29 is 22.8 Å². The highest BCUT2D eigenvalue weighted by Gasteiger charge is 2.32. The van der Waals surface area contributed by atoms with Crippen molar-refractivity contribution in [3.63, 3.8) is 0 Å². The summed E-state index contributed by atoms with van der Waals surface area (Å²) < 4.78 is 36.4. The van der Waals surface area contributed by atoms with E-state index >= 15 is 0 Å². The molecule has 0 saturated heterocycles. The third-order valence-electron chi connectivity index (χ3n) is 1.68. The molecule has 6 heteroatoms. The van der Waals surface area contributed by atoms with Gasteiger partial charge in [-0.1, -0.05) is 6.07 Å². The van der Waals surface area contributed by atoms with E-state index in [0.717, 1.165) is 0 Å². The summed E-state index contributed by atoms with van der Waals surface area (Å²) in [6.45, 7) is 0. The molecule has 0 aliphatic heterocycles. The third-order valence-corrected chi connectivity index (χ3v) is 2.55. The molecule has 0 saturated carbocycles. The predicted molar refractivity (Wildman–Crippen MR) is 48.9 cm³/mol. The number of ketones is 2. The molecule has 1 aromatic rings. The van der Waals surface area contributed by atoms with Gasteiger partial charge in [0.1, 0.15) is 0 Å². The van der Waals surface area contributed by atoms with E-state index in [0.29, 0.717) is 4.88 Å². The SMILES string of the molecule is O=C(Cc1cccs1)C(F)C(=O)C(F)F. The number of hydrogen-bond donors (Lipinski definition) is 0. The van der Waals surface area contributed by atoms with Crippen LogP contribution in [-0.2, 0) is 16.0 Å². The van der Waals surface area contributed by atoms with Crippen LogP contribution in [0.4, 0.5) is 13.2 Å². The van der Waals surface area contributed by atoms with Gasteiger partial charge < -0.3 is 0 Å². The first-order valence-corrected chi connectivity index (χ1v) is 4.91.